The maximum absolute atomic E-state index is 14.1. The molecular formula is C26H18FN3O5S. The number of rotatable bonds is 4. The normalized spacial score (nSPS) is 13.6. The van der Waals surface area contributed by atoms with Gasteiger partial charge >= 0.3 is 0 Å². The van der Waals surface area contributed by atoms with E-state index in [2.05, 4.69) is 15.6 Å². The fourth-order valence-corrected chi connectivity index (χ4v) is 5.48. The van der Waals surface area contributed by atoms with Gasteiger partial charge in [-0.3, -0.25) is 14.6 Å². The number of nitrogens with one attached hydrogen (secondary N) is 2. The van der Waals surface area contributed by atoms with Crippen molar-refractivity contribution in [1.82, 2.24) is 10.3 Å². The van der Waals surface area contributed by atoms with Gasteiger partial charge in [0.2, 0.25) is 9.84 Å². The number of phenolic OH excluding ortho intramolecular Hbond substituents is 1. The highest BCUT2D eigenvalue weighted by atomic mass is 32.2. The molecule has 1 aliphatic heterocycles. The first-order valence-corrected chi connectivity index (χ1v) is 12.2. The van der Waals surface area contributed by atoms with Crippen molar-refractivity contribution in [3.63, 3.8) is 0 Å². The molecule has 3 N–H and O–H groups in total. The second-order valence-electron chi connectivity index (χ2n) is 8.06. The fourth-order valence-electron chi connectivity index (χ4n) is 3.88. The van der Waals surface area contributed by atoms with Gasteiger partial charge in [-0.1, -0.05) is 18.2 Å². The molecule has 0 spiro atoms. The van der Waals surface area contributed by atoms with Crippen LogP contribution in [0, 0.1) is 5.82 Å². The molecule has 2 heterocycles. The van der Waals surface area contributed by atoms with Gasteiger partial charge in [-0.25, -0.2) is 12.8 Å². The number of aromatic nitrogens is 1. The lowest BCUT2D eigenvalue weighted by molar-refractivity contribution is 0.0949. The Balaban J connectivity index is 1.33. The Kier molecular flexibility index (Phi) is 5.73. The first-order chi connectivity index (χ1) is 17.2. The number of benzene rings is 3. The number of halogens is 1. The summed E-state index contributed by atoms with van der Waals surface area (Å²) in [4.78, 5) is 29.4. The summed E-state index contributed by atoms with van der Waals surface area (Å²) >= 11 is 0. The van der Waals surface area contributed by atoms with E-state index < -0.39 is 27.5 Å². The Morgan fingerprint density at radius 3 is 2.53 bits per heavy atom. The van der Waals surface area contributed by atoms with Crippen molar-refractivity contribution in [2.24, 2.45) is 0 Å². The van der Waals surface area contributed by atoms with E-state index in [-0.39, 0.29) is 44.5 Å². The number of phenols is 1. The first-order valence-electron chi connectivity index (χ1n) is 10.8. The summed E-state index contributed by atoms with van der Waals surface area (Å²) in [6.45, 7) is 0.108. The van der Waals surface area contributed by atoms with E-state index in [0.717, 1.165) is 6.07 Å². The molecule has 180 valence electrons. The highest BCUT2D eigenvalue weighted by molar-refractivity contribution is 7.91. The van der Waals surface area contributed by atoms with E-state index in [1.54, 1.807) is 24.3 Å². The quantitative estimate of drug-likeness (QED) is 0.388. The van der Waals surface area contributed by atoms with Crippen LogP contribution in [0.5, 0.6) is 5.75 Å². The number of sulfone groups is 1. The second-order valence-corrected chi connectivity index (χ2v) is 9.95. The minimum atomic E-state index is -3.96. The van der Waals surface area contributed by atoms with Gasteiger partial charge in [-0.15, -0.1) is 0 Å². The number of hydrogen-bond acceptors (Lipinski definition) is 6. The second kappa shape index (κ2) is 8.90. The third kappa shape index (κ3) is 4.18. The maximum atomic E-state index is 14.1. The van der Waals surface area contributed by atoms with Gasteiger partial charge in [0, 0.05) is 29.9 Å². The van der Waals surface area contributed by atoms with Gasteiger partial charge in [0.1, 0.15) is 11.6 Å². The van der Waals surface area contributed by atoms with Crippen LogP contribution >= 0.6 is 0 Å². The number of nitrogens with zero attached hydrogens (tertiary/aromatic N) is 1. The summed E-state index contributed by atoms with van der Waals surface area (Å²) in [5.74, 6) is -1.86. The number of hydrogen-bond donors (Lipinski definition) is 3. The predicted octanol–water partition coefficient (Wildman–Crippen LogP) is 3.92. The molecule has 0 radical (unpaired) electrons. The van der Waals surface area contributed by atoms with Crippen molar-refractivity contribution in [2.45, 2.75) is 16.3 Å². The average molecular weight is 504 g/mol. The molecular weight excluding hydrogens is 485 g/mol. The van der Waals surface area contributed by atoms with Crippen LogP contribution < -0.4 is 10.6 Å². The van der Waals surface area contributed by atoms with Crippen LogP contribution in [0.4, 0.5) is 10.1 Å². The number of aromatic hydroxyl groups is 1. The SMILES string of the molecule is O=C(NCc1ccc(-c2ccc(O)cc2F)nc1)c1ccc2c(c1)NC(=O)c1ccccc1S2(=O)=O. The van der Waals surface area contributed by atoms with Crippen LogP contribution in [-0.4, -0.2) is 30.3 Å². The molecule has 1 aliphatic rings. The number of pyridine rings is 1. The van der Waals surface area contributed by atoms with Crippen LogP contribution in [0.1, 0.15) is 26.3 Å². The lowest BCUT2D eigenvalue weighted by Crippen LogP contribution is -2.23. The zero-order chi connectivity index (χ0) is 25.4. The van der Waals surface area contributed by atoms with E-state index in [0.29, 0.717) is 11.3 Å². The molecule has 2 amide bonds. The number of amides is 2. The summed E-state index contributed by atoms with van der Waals surface area (Å²) in [5.41, 5.74) is 1.45. The zero-order valence-corrected chi connectivity index (χ0v) is 19.3. The third-order valence-electron chi connectivity index (χ3n) is 5.71. The van der Waals surface area contributed by atoms with Crippen LogP contribution in [0.15, 0.2) is 88.8 Å². The van der Waals surface area contributed by atoms with E-state index >= 15 is 0 Å². The van der Waals surface area contributed by atoms with Crippen LogP contribution in [0.25, 0.3) is 11.3 Å². The molecule has 5 rings (SSSR count). The van der Waals surface area contributed by atoms with E-state index in [4.69, 9.17) is 0 Å². The molecule has 10 heteroatoms. The summed E-state index contributed by atoms with van der Waals surface area (Å²) in [7, 11) is -3.96. The first kappa shape index (κ1) is 23.2. The number of anilines is 1. The van der Waals surface area contributed by atoms with Crippen LogP contribution in [-0.2, 0) is 16.4 Å². The fraction of sp³-hybridized carbons (Fsp3) is 0.0385. The Morgan fingerprint density at radius 2 is 1.78 bits per heavy atom. The van der Waals surface area contributed by atoms with E-state index in [9.17, 15) is 27.5 Å². The summed E-state index contributed by atoms with van der Waals surface area (Å²) < 4.78 is 40.2. The molecule has 0 aliphatic carbocycles. The third-order valence-corrected chi connectivity index (χ3v) is 7.58. The van der Waals surface area contributed by atoms with Gasteiger partial charge in [0.05, 0.1) is 26.7 Å². The van der Waals surface area contributed by atoms with E-state index in [1.807, 2.05) is 0 Å². The summed E-state index contributed by atoms with van der Waals surface area (Å²) in [6, 6.07) is 17.0. The largest absolute Gasteiger partial charge is 0.508 e. The van der Waals surface area contributed by atoms with Crippen molar-refractivity contribution in [1.29, 1.82) is 0 Å². The minimum Gasteiger partial charge on any atom is -0.508 e. The smallest absolute Gasteiger partial charge is 0.257 e. The predicted molar refractivity (Wildman–Crippen MR) is 129 cm³/mol. The van der Waals surface area contributed by atoms with Gasteiger partial charge in [-0.05, 0) is 54.1 Å². The van der Waals surface area contributed by atoms with Crippen LogP contribution in [0.2, 0.25) is 0 Å². The highest BCUT2D eigenvalue weighted by Gasteiger charge is 2.31. The highest BCUT2D eigenvalue weighted by Crippen LogP contribution is 2.34. The van der Waals surface area contributed by atoms with Crippen molar-refractivity contribution in [2.75, 3.05) is 5.32 Å². The Morgan fingerprint density at radius 1 is 0.972 bits per heavy atom. The van der Waals surface area contributed by atoms with Crippen molar-refractivity contribution in [3.8, 4) is 17.0 Å². The van der Waals surface area contributed by atoms with Crippen molar-refractivity contribution < 1.29 is 27.5 Å². The van der Waals surface area contributed by atoms with Crippen molar-refractivity contribution in [3.05, 3.63) is 102 Å². The number of carbonyl (C=O) groups is 2. The topological polar surface area (TPSA) is 125 Å². The minimum absolute atomic E-state index is 0.0193. The number of carbonyl (C=O) groups excluding carboxylic acids is 2. The summed E-state index contributed by atoms with van der Waals surface area (Å²) in [6.07, 6.45) is 1.49. The average Bonchev–Trinajstić information content (AvgIpc) is 2.95. The molecule has 0 saturated heterocycles. The van der Waals surface area contributed by atoms with E-state index in [1.165, 1.54) is 48.7 Å². The van der Waals surface area contributed by atoms with Gasteiger partial charge in [0.25, 0.3) is 11.8 Å². The van der Waals surface area contributed by atoms with Gasteiger partial charge in [0.15, 0.2) is 0 Å². The molecule has 0 saturated carbocycles. The molecule has 3 aromatic carbocycles. The molecule has 0 atom stereocenters. The molecule has 4 aromatic rings. The Hall–Kier alpha value is -4.57. The molecule has 1 aromatic heterocycles. The molecule has 0 bridgehead atoms. The standard InChI is InChI=1S/C26H18FN3O5S/c27-20-12-17(31)7-8-18(20)21-9-5-15(13-28-21)14-29-25(32)16-6-10-24-22(11-16)30-26(33)19-3-1-2-4-23(19)36(24,34)35/h1-13,31H,14H2,(H,29,32)(H,30,33). The van der Waals surface area contributed by atoms with Crippen molar-refractivity contribution >= 4 is 27.3 Å². The molecule has 0 fully saturated rings. The van der Waals surface area contributed by atoms with Crippen LogP contribution in [0.3, 0.4) is 0 Å². The monoisotopic (exact) mass is 503 g/mol. The molecule has 8 nitrogen and oxygen atoms in total. The Bertz CT molecular complexity index is 1640. The van der Waals surface area contributed by atoms with Gasteiger partial charge < -0.3 is 15.7 Å². The summed E-state index contributed by atoms with van der Waals surface area (Å²) in [5, 5.41) is 14.6. The zero-order valence-electron chi connectivity index (χ0n) is 18.5. The Labute approximate surface area is 205 Å². The maximum Gasteiger partial charge on any atom is 0.257 e. The molecule has 0 unspecified atom stereocenters. The molecule has 36 heavy (non-hydrogen) atoms. The van der Waals surface area contributed by atoms with Gasteiger partial charge in [-0.2, -0.15) is 0 Å². The lowest BCUT2D eigenvalue weighted by atomic mass is 10.1. The lowest BCUT2D eigenvalue weighted by Gasteiger charge is -2.10. The number of fused-ring (bicyclic) bond motifs is 2.